The molecule has 0 saturated heterocycles. The molecule has 1 amide bonds. The third-order valence-electron chi connectivity index (χ3n) is 2.71. The van der Waals surface area contributed by atoms with Crippen LogP contribution in [0.2, 0.25) is 0 Å². The lowest BCUT2D eigenvalue weighted by molar-refractivity contribution is -0.120. The number of hydrogen-bond donors (Lipinski definition) is 0. The number of aryl methyl sites for hydroxylation is 1. The molecule has 0 aliphatic rings. The van der Waals surface area contributed by atoms with Crippen LogP contribution in [0.1, 0.15) is 20.8 Å². The number of fused-ring (bicyclic) bond motifs is 1. The monoisotopic (exact) mass is 284 g/mol. The van der Waals surface area contributed by atoms with E-state index in [-0.39, 0.29) is 11.8 Å². The van der Waals surface area contributed by atoms with Crippen molar-refractivity contribution in [3.8, 4) is 0 Å². The Labute approximate surface area is 113 Å². The molecule has 1 heterocycles. The molecule has 2 aromatic rings. The highest BCUT2D eigenvalue weighted by molar-refractivity contribution is 7.16. The van der Waals surface area contributed by atoms with E-state index < -0.39 is 11.6 Å². The van der Waals surface area contributed by atoms with Crippen LogP contribution in [0.15, 0.2) is 17.1 Å². The van der Waals surface area contributed by atoms with Gasteiger partial charge in [0.15, 0.2) is 10.6 Å². The maximum absolute atomic E-state index is 13.8. The van der Waals surface area contributed by atoms with Crippen molar-refractivity contribution in [3.63, 3.8) is 0 Å². The molecule has 0 N–H and O–H groups in total. The summed E-state index contributed by atoms with van der Waals surface area (Å²) in [7, 11) is 0. The zero-order valence-corrected chi connectivity index (χ0v) is 11.7. The fraction of sp³-hybridized carbons (Fsp3) is 0.385. The molecule has 102 valence electrons. The van der Waals surface area contributed by atoms with Crippen LogP contribution in [0, 0.1) is 17.6 Å². The first-order valence-corrected chi connectivity index (χ1v) is 6.82. The highest BCUT2D eigenvalue weighted by Crippen LogP contribution is 2.22. The highest BCUT2D eigenvalue weighted by Gasteiger charge is 2.13. The number of nitrogens with zero attached hydrogens (tertiary/aromatic N) is 2. The predicted octanol–water partition coefficient (Wildman–Crippen LogP) is 3.08. The van der Waals surface area contributed by atoms with Gasteiger partial charge in [0.05, 0.1) is 10.2 Å². The Hall–Kier alpha value is -1.56. The maximum atomic E-state index is 13.8. The predicted molar refractivity (Wildman–Crippen MR) is 70.8 cm³/mol. The fourth-order valence-corrected chi connectivity index (χ4v) is 2.87. The van der Waals surface area contributed by atoms with E-state index in [1.165, 1.54) is 6.07 Å². The van der Waals surface area contributed by atoms with Gasteiger partial charge in [-0.25, -0.2) is 8.78 Å². The molecule has 0 atom stereocenters. The third kappa shape index (κ3) is 2.58. The van der Waals surface area contributed by atoms with Gasteiger partial charge in [-0.1, -0.05) is 25.2 Å². The lowest BCUT2D eigenvalue weighted by Gasteiger charge is -2.02. The molecule has 0 bridgehead atoms. The summed E-state index contributed by atoms with van der Waals surface area (Å²) in [6, 6.07) is 2.10. The summed E-state index contributed by atoms with van der Waals surface area (Å²) >= 11 is 1.12. The van der Waals surface area contributed by atoms with Crippen LogP contribution in [0.5, 0.6) is 0 Å². The number of amides is 1. The number of thiazole rings is 1. The summed E-state index contributed by atoms with van der Waals surface area (Å²) < 4.78 is 29.1. The lowest BCUT2D eigenvalue weighted by Crippen LogP contribution is -2.18. The van der Waals surface area contributed by atoms with Gasteiger partial charge in [-0.05, 0) is 13.0 Å². The zero-order valence-electron chi connectivity index (χ0n) is 10.9. The number of benzene rings is 1. The molecule has 0 aliphatic carbocycles. The van der Waals surface area contributed by atoms with Crippen LogP contribution < -0.4 is 4.80 Å². The molecule has 19 heavy (non-hydrogen) atoms. The molecule has 3 nitrogen and oxygen atoms in total. The van der Waals surface area contributed by atoms with Gasteiger partial charge in [0, 0.05) is 18.5 Å². The van der Waals surface area contributed by atoms with Gasteiger partial charge in [-0.2, -0.15) is 4.99 Å². The fourth-order valence-electron chi connectivity index (χ4n) is 1.73. The first-order valence-electron chi connectivity index (χ1n) is 6.01. The van der Waals surface area contributed by atoms with Crippen molar-refractivity contribution < 1.29 is 13.6 Å². The number of carbonyl (C=O) groups is 1. The number of rotatable bonds is 2. The summed E-state index contributed by atoms with van der Waals surface area (Å²) in [5, 5.41) is 0. The van der Waals surface area contributed by atoms with Crippen molar-refractivity contribution >= 4 is 27.5 Å². The van der Waals surface area contributed by atoms with E-state index in [1.54, 1.807) is 18.4 Å². The van der Waals surface area contributed by atoms with Gasteiger partial charge >= 0.3 is 0 Å². The van der Waals surface area contributed by atoms with Crippen LogP contribution in [0.25, 0.3) is 10.2 Å². The molecular weight excluding hydrogens is 270 g/mol. The molecule has 2 rings (SSSR count). The molecule has 0 radical (unpaired) electrons. The molecule has 1 aromatic heterocycles. The van der Waals surface area contributed by atoms with Crippen LogP contribution in [-0.2, 0) is 11.3 Å². The second kappa shape index (κ2) is 5.21. The second-order valence-corrected chi connectivity index (χ2v) is 5.48. The van der Waals surface area contributed by atoms with Crippen LogP contribution in [-0.4, -0.2) is 10.5 Å². The quantitative estimate of drug-likeness (QED) is 0.834. The first-order chi connectivity index (χ1) is 8.93. The van der Waals surface area contributed by atoms with E-state index in [0.717, 1.165) is 17.4 Å². The third-order valence-corrected chi connectivity index (χ3v) is 3.74. The minimum atomic E-state index is -0.633. The maximum Gasteiger partial charge on any atom is 0.250 e. The summed E-state index contributed by atoms with van der Waals surface area (Å²) in [5.74, 6) is -1.76. The summed E-state index contributed by atoms with van der Waals surface area (Å²) in [6.07, 6.45) is 0. The van der Waals surface area contributed by atoms with Crippen molar-refractivity contribution in [2.45, 2.75) is 27.3 Å². The molecule has 1 aromatic carbocycles. The van der Waals surface area contributed by atoms with Crippen molar-refractivity contribution in [2.75, 3.05) is 0 Å². The van der Waals surface area contributed by atoms with Gasteiger partial charge in [0.1, 0.15) is 5.82 Å². The van der Waals surface area contributed by atoms with E-state index in [0.29, 0.717) is 21.6 Å². The minimum Gasteiger partial charge on any atom is -0.314 e. The van der Waals surface area contributed by atoms with Gasteiger partial charge in [-0.15, -0.1) is 0 Å². The smallest absolute Gasteiger partial charge is 0.250 e. The van der Waals surface area contributed by atoms with E-state index in [9.17, 15) is 13.6 Å². The Morgan fingerprint density at radius 1 is 1.42 bits per heavy atom. The van der Waals surface area contributed by atoms with Crippen molar-refractivity contribution in [1.82, 2.24) is 4.57 Å². The standard InChI is InChI=1S/C13H14F2N2OS/c1-4-17-11-9(15)5-8(14)6-10(11)19-13(17)16-12(18)7(2)3/h5-7H,4H2,1-3H3. The number of halogens is 2. The van der Waals surface area contributed by atoms with Gasteiger partial charge in [-0.3, -0.25) is 4.79 Å². The average molecular weight is 284 g/mol. The number of carbonyl (C=O) groups excluding carboxylic acids is 1. The Morgan fingerprint density at radius 3 is 2.68 bits per heavy atom. The van der Waals surface area contributed by atoms with Gasteiger partial charge in [0.25, 0.3) is 5.91 Å². The van der Waals surface area contributed by atoms with Gasteiger partial charge in [0.2, 0.25) is 0 Å². The normalized spacial score (nSPS) is 12.6. The molecule has 0 unspecified atom stereocenters. The second-order valence-electron chi connectivity index (χ2n) is 4.47. The summed E-state index contributed by atoms with van der Waals surface area (Å²) in [6.45, 7) is 5.78. The summed E-state index contributed by atoms with van der Waals surface area (Å²) in [5.41, 5.74) is 0.296. The SMILES string of the molecule is CCn1c(=NC(=O)C(C)C)sc2cc(F)cc(F)c21. The first kappa shape index (κ1) is 13.9. The lowest BCUT2D eigenvalue weighted by atomic mass is 10.2. The van der Waals surface area contributed by atoms with Crippen LogP contribution in [0.3, 0.4) is 0 Å². The molecule has 6 heteroatoms. The van der Waals surface area contributed by atoms with E-state index in [4.69, 9.17) is 0 Å². The Bertz CT molecular complexity index is 700. The van der Waals surface area contributed by atoms with E-state index >= 15 is 0 Å². The Balaban J connectivity index is 2.76. The largest absolute Gasteiger partial charge is 0.314 e. The minimum absolute atomic E-state index is 0.225. The average Bonchev–Trinajstić information content (AvgIpc) is 2.66. The van der Waals surface area contributed by atoms with E-state index in [2.05, 4.69) is 4.99 Å². The van der Waals surface area contributed by atoms with Crippen molar-refractivity contribution in [1.29, 1.82) is 0 Å². The molecular formula is C13H14F2N2OS. The van der Waals surface area contributed by atoms with Crippen molar-refractivity contribution in [2.24, 2.45) is 10.9 Å². The topological polar surface area (TPSA) is 34.4 Å². The summed E-state index contributed by atoms with van der Waals surface area (Å²) in [4.78, 5) is 16.1. The van der Waals surface area contributed by atoms with Crippen LogP contribution in [0.4, 0.5) is 8.78 Å². The Kier molecular flexibility index (Phi) is 3.80. The zero-order chi connectivity index (χ0) is 14.2. The molecule has 0 spiro atoms. The highest BCUT2D eigenvalue weighted by atomic mass is 32.1. The number of hydrogen-bond acceptors (Lipinski definition) is 2. The molecule has 0 aliphatic heterocycles. The van der Waals surface area contributed by atoms with Gasteiger partial charge < -0.3 is 4.57 Å². The number of aromatic nitrogens is 1. The van der Waals surface area contributed by atoms with E-state index in [1.807, 2.05) is 6.92 Å². The Morgan fingerprint density at radius 2 is 2.11 bits per heavy atom. The molecule has 0 saturated carbocycles. The van der Waals surface area contributed by atoms with Crippen LogP contribution >= 0.6 is 11.3 Å². The van der Waals surface area contributed by atoms with Crippen molar-refractivity contribution in [3.05, 3.63) is 28.6 Å². The molecule has 0 fully saturated rings.